The normalized spacial score (nSPS) is 13.0. The molecule has 0 fully saturated rings. The number of alkyl halides is 2. The summed E-state index contributed by atoms with van der Waals surface area (Å²) in [7, 11) is 1.54. The predicted molar refractivity (Wildman–Crippen MR) is 146 cm³/mol. The van der Waals surface area contributed by atoms with Crippen LogP contribution in [0.2, 0.25) is 0 Å². The van der Waals surface area contributed by atoms with Crippen LogP contribution in [0.3, 0.4) is 0 Å². The van der Waals surface area contributed by atoms with Crippen molar-refractivity contribution >= 4 is 11.7 Å². The third-order valence-corrected chi connectivity index (χ3v) is 6.17. The summed E-state index contributed by atoms with van der Waals surface area (Å²) in [6.45, 7) is 12.6. The second-order valence-corrected chi connectivity index (χ2v) is 9.23. The molecule has 1 unspecified atom stereocenters. The summed E-state index contributed by atoms with van der Waals surface area (Å²) in [6.07, 6.45) is 10.5. The number of hydrogen-bond acceptors (Lipinski definition) is 6. The Hall–Kier alpha value is -4.02. The van der Waals surface area contributed by atoms with E-state index in [-0.39, 0.29) is 6.42 Å². The predicted octanol–water partition coefficient (Wildman–Crippen LogP) is 5.84. The molecule has 0 aromatic carbocycles. The summed E-state index contributed by atoms with van der Waals surface area (Å²) < 4.78 is 40.6. The van der Waals surface area contributed by atoms with E-state index < -0.39 is 30.5 Å². The number of imidazole rings is 1. The Morgan fingerprint density at radius 1 is 1.31 bits per heavy atom. The van der Waals surface area contributed by atoms with Gasteiger partial charge in [-0.25, -0.2) is 23.5 Å². The van der Waals surface area contributed by atoms with Gasteiger partial charge in [-0.3, -0.25) is 4.98 Å². The van der Waals surface area contributed by atoms with Crippen LogP contribution in [0.4, 0.5) is 13.6 Å². The van der Waals surface area contributed by atoms with Crippen molar-refractivity contribution in [1.82, 2.24) is 29.6 Å². The number of amides is 2. The van der Waals surface area contributed by atoms with Gasteiger partial charge in [0.1, 0.15) is 5.75 Å². The molecule has 210 valence electrons. The first-order valence-corrected chi connectivity index (χ1v) is 12.8. The van der Waals surface area contributed by atoms with Gasteiger partial charge in [-0.15, -0.1) is 13.2 Å². The largest absolute Gasteiger partial charge is 0.494 e. The lowest BCUT2D eigenvalue weighted by atomic mass is 10.1. The van der Waals surface area contributed by atoms with Crippen LogP contribution >= 0.6 is 0 Å². The monoisotopic (exact) mass is 542 g/mol. The second-order valence-electron chi connectivity index (χ2n) is 9.23. The molecule has 3 heterocycles. The van der Waals surface area contributed by atoms with E-state index in [0.29, 0.717) is 53.8 Å². The highest BCUT2D eigenvalue weighted by Gasteiger charge is 2.30. The average molecular weight is 543 g/mol. The van der Waals surface area contributed by atoms with Gasteiger partial charge in [0.05, 0.1) is 37.3 Å². The number of rotatable bonds is 14. The van der Waals surface area contributed by atoms with E-state index in [2.05, 4.69) is 28.4 Å². The quantitative estimate of drug-likeness (QED) is 0.203. The minimum absolute atomic E-state index is 0.228. The first kappa shape index (κ1) is 29.5. The van der Waals surface area contributed by atoms with Crippen LogP contribution in [0.1, 0.15) is 51.8 Å². The third-order valence-electron chi connectivity index (χ3n) is 6.17. The van der Waals surface area contributed by atoms with Gasteiger partial charge in [-0.1, -0.05) is 12.2 Å². The van der Waals surface area contributed by atoms with E-state index in [1.54, 1.807) is 35.6 Å². The van der Waals surface area contributed by atoms with Crippen LogP contribution in [-0.4, -0.2) is 62.5 Å². The van der Waals surface area contributed by atoms with E-state index in [1.165, 1.54) is 13.2 Å². The third kappa shape index (κ3) is 7.52. The van der Waals surface area contributed by atoms with E-state index in [1.807, 2.05) is 24.4 Å². The maximum Gasteiger partial charge on any atom is 0.318 e. The zero-order valence-electron chi connectivity index (χ0n) is 22.9. The summed E-state index contributed by atoms with van der Waals surface area (Å²) in [6, 6.07) is 0.114. The molecule has 0 aliphatic carbocycles. The Bertz CT molecular complexity index is 1290. The highest BCUT2D eigenvalue weighted by Crippen LogP contribution is 2.33. The molecule has 9 nitrogen and oxygen atoms in total. The molecule has 11 heteroatoms. The standard InChI is InChI=1S/C28H36F2N6O3/c1-7-10-14-39-26-25-31-12-13-35(25)18-23(34-26)21-15-22(32-17-24(21)38-6)19(4)36(9-3)27(37)33-20(11-8-2)16-28(5,29)30/h7-8,12-13,15,17-20H,1-2,9-11,14,16H2,3-6H3,(H,33,37)/t19-,20?/m1/s1. The Morgan fingerprint density at radius 2 is 2.08 bits per heavy atom. The van der Waals surface area contributed by atoms with E-state index in [9.17, 15) is 13.6 Å². The Labute approximate surface area is 227 Å². The summed E-state index contributed by atoms with van der Waals surface area (Å²) >= 11 is 0. The van der Waals surface area contributed by atoms with Gasteiger partial charge in [0, 0.05) is 43.2 Å². The van der Waals surface area contributed by atoms with Crippen molar-refractivity contribution in [3.8, 4) is 22.9 Å². The zero-order chi connectivity index (χ0) is 28.6. The zero-order valence-corrected chi connectivity index (χ0v) is 22.9. The second kappa shape index (κ2) is 13.2. The number of nitrogens with zero attached hydrogens (tertiary/aromatic N) is 5. The summed E-state index contributed by atoms with van der Waals surface area (Å²) in [5.74, 6) is -2.07. The van der Waals surface area contributed by atoms with E-state index >= 15 is 0 Å². The molecule has 3 aromatic rings. The summed E-state index contributed by atoms with van der Waals surface area (Å²) in [5.41, 5.74) is 2.35. The molecule has 0 bridgehead atoms. The van der Waals surface area contributed by atoms with Gasteiger partial charge in [0.25, 0.3) is 5.88 Å². The fraction of sp³-hybridized carbons (Fsp3) is 0.429. The molecule has 0 spiro atoms. The van der Waals surface area contributed by atoms with Crippen LogP contribution in [0.5, 0.6) is 11.6 Å². The SMILES string of the molecule is C=CCCOc1nc(-c2cc([C@@H](C)N(CC)C(=O)NC(CC=C)CC(C)(F)F)ncc2OC)cn2ccnc12. The fourth-order valence-electron chi connectivity index (χ4n) is 4.26. The number of nitrogens with one attached hydrogen (secondary N) is 1. The van der Waals surface area contributed by atoms with Crippen molar-refractivity contribution in [2.75, 3.05) is 20.3 Å². The number of ether oxygens (including phenoxy) is 2. The number of pyridine rings is 1. The number of halogens is 2. The van der Waals surface area contributed by atoms with Crippen molar-refractivity contribution in [3.05, 3.63) is 61.9 Å². The molecule has 0 aliphatic heterocycles. The number of carbonyl (C=O) groups excluding carboxylic acids is 1. The molecule has 39 heavy (non-hydrogen) atoms. The first-order chi connectivity index (χ1) is 18.6. The van der Waals surface area contributed by atoms with Crippen LogP contribution < -0.4 is 14.8 Å². The molecule has 3 aromatic heterocycles. The minimum Gasteiger partial charge on any atom is -0.494 e. The van der Waals surface area contributed by atoms with Crippen molar-refractivity contribution in [2.45, 2.75) is 58.0 Å². The molecule has 2 atom stereocenters. The van der Waals surface area contributed by atoms with Crippen LogP contribution in [0, 0.1) is 0 Å². The minimum atomic E-state index is -2.92. The number of carbonyl (C=O) groups is 1. The van der Waals surface area contributed by atoms with Crippen molar-refractivity contribution in [2.24, 2.45) is 0 Å². The molecule has 2 amide bonds. The van der Waals surface area contributed by atoms with Gasteiger partial charge < -0.3 is 24.1 Å². The highest BCUT2D eigenvalue weighted by atomic mass is 19.3. The van der Waals surface area contributed by atoms with E-state index in [4.69, 9.17) is 14.5 Å². The summed E-state index contributed by atoms with van der Waals surface area (Å²) in [4.78, 5) is 28.3. The van der Waals surface area contributed by atoms with Gasteiger partial charge in [0.2, 0.25) is 11.6 Å². The Kier molecular flexibility index (Phi) is 9.97. The number of aromatic nitrogens is 4. The number of hydrogen-bond donors (Lipinski definition) is 1. The Balaban J connectivity index is 1.94. The maximum atomic E-state index is 13.7. The van der Waals surface area contributed by atoms with Crippen LogP contribution in [0.25, 0.3) is 16.9 Å². The molecule has 0 aliphatic rings. The highest BCUT2D eigenvalue weighted by molar-refractivity contribution is 5.75. The van der Waals surface area contributed by atoms with Crippen molar-refractivity contribution < 1.29 is 23.0 Å². The number of methoxy groups -OCH3 is 1. The molecule has 0 radical (unpaired) electrons. The maximum absolute atomic E-state index is 13.7. The average Bonchev–Trinajstić information content (AvgIpc) is 3.37. The molecule has 3 rings (SSSR count). The fourth-order valence-corrected chi connectivity index (χ4v) is 4.26. The van der Waals surface area contributed by atoms with Gasteiger partial charge in [0.15, 0.2) is 0 Å². The van der Waals surface area contributed by atoms with Crippen LogP contribution in [0.15, 0.2) is 56.2 Å². The topological polar surface area (TPSA) is 93.9 Å². The smallest absolute Gasteiger partial charge is 0.318 e. The molecule has 1 N–H and O–H groups in total. The molecule has 0 saturated heterocycles. The Morgan fingerprint density at radius 3 is 2.72 bits per heavy atom. The van der Waals surface area contributed by atoms with Crippen LogP contribution in [-0.2, 0) is 0 Å². The lowest BCUT2D eigenvalue weighted by Gasteiger charge is -2.31. The van der Waals surface area contributed by atoms with Crippen molar-refractivity contribution in [1.29, 1.82) is 0 Å². The summed E-state index contributed by atoms with van der Waals surface area (Å²) in [5, 5.41) is 2.73. The molecule has 0 saturated carbocycles. The van der Waals surface area contributed by atoms with Crippen molar-refractivity contribution in [3.63, 3.8) is 0 Å². The lowest BCUT2D eigenvalue weighted by Crippen LogP contribution is -2.47. The number of fused-ring (bicyclic) bond motifs is 1. The van der Waals surface area contributed by atoms with E-state index in [0.717, 1.165) is 6.92 Å². The number of urea groups is 1. The van der Waals surface area contributed by atoms with Gasteiger partial charge in [-0.05, 0) is 39.7 Å². The first-order valence-electron chi connectivity index (χ1n) is 12.8. The lowest BCUT2D eigenvalue weighted by molar-refractivity contribution is 0.00364. The molecular formula is C28H36F2N6O3. The van der Waals surface area contributed by atoms with Gasteiger partial charge >= 0.3 is 6.03 Å². The molecular weight excluding hydrogens is 506 g/mol. The van der Waals surface area contributed by atoms with Gasteiger partial charge in [-0.2, -0.15) is 0 Å².